The SMILES string of the molecule is Cc1[nH]c2c(C)cccc2c1CCNC(=O)c1ccc(Oc2ccccc2)cc1. The number of hydrogen-bond acceptors (Lipinski definition) is 2. The van der Waals surface area contributed by atoms with Crippen LogP contribution in [0.5, 0.6) is 11.5 Å². The van der Waals surface area contributed by atoms with E-state index in [1.54, 1.807) is 12.1 Å². The number of ether oxygens (including phenoxy) is 1. The highest BCUT2D eigenvalue weighted by atomic mass is 16.5. The molecular weight excluding hydrogens is 360 g/mol. The van der Waals surface area contributed by atoms with E-state index in [1.165, 1.54) is 22.0 Å². The normalized spacial score (nSPS) is 10.8. The number of amides is 1. The summed E-state index contributed by atoms with van der Waals surface area (Å²) in [7, 11) is 0. The smallest absolute Gasteiger partial charge is 0.251 e. The minimum Gasteiger partial charge on any atom is -0.457 e. The molecule has 0 atom stereocenters. The van der Waals surface area contributed by atoms with Gasteiger partial charge in [0.1, 0.15) is 11.5 Å². The Morgan fingerprint density at radius 1 is 0.897 bits per heavy atom. The molecule has 0 radical (unpaired) electrons. The highest BCUT2D eigenvalue weighted by Gasteiger charge is 2.11. The Hall–Kier alpha value is -3.53. The number of aromatic amines is 1. The Morgan fingerprint density at radius 3 is 2.38 bits per heavy atom. The molecular formula is C25H24N2O2. The molecule has 1 amide bonds. The van der Waals surface area contributed by atoms with Crippen molar-refractivity contribution in [2.45, 2.75) is 20.3 Å². The summed E-state index contributed by atoms with van der Waals surface area (Å²) in [5.74, 6) is 1.40. The van der Waals surface area contributed by atoms with Crippen molar-refractivity contribution < 1.29 is 9.53 Å². The van der Waals surface area contributed by atoms with Crippen LogP contribution in [-0.2, 0) is 6.42 Å². The molecule has 1 aromatic heterocycles. The second-order valence-electron chi connectivity index (χ2n) is 7.17. The van der Waals surface area contributed by atoms with Crippen LogP contribution < -0.4 is 10.1 Å². The molecule has 4 nitrogen and oxygen atoms in total. The van der Waals surface area contributed by atoms with E-state index in [9.17, 15) is 4.79 Å². The van der Waals surface area contributed by atoms with Gasteiger partial charge in [-0.05, 0) is 67.8 Å². The fraction of sp³-hybridized carbons (Fsp3) is 0.160. The number of H-pyrrole nitrogens is 1. The van der Waals surface area contributed by atoms with Crippen molar-refractivity contribution in [2.24, 2.45) is 0 Å². The van der Waals surface area contributed by atoms with Gasteiger partial charge in [0, 0.05) is 28.7 Å². The first-order valence-electron chi connectivity index (χ1n) is 9.80. The van der Waals surface area contributed by atoms with E-state index >= 15 is 0 Å². The lowest BCUT2D eigenvalue weighted by Gasteiger charge is -2.08. The van der Waals surface area contributed by atoms with Crippen molar-refractivity contribution in [2.75, 3.05) is 6.54 Å². The van der Waals surface area contributed by atoms with Crippen molar-refractivity contribution in [3.63, 3.8) is 0 Å². The molecule has 0 aliphatic heterocycles. The summed E-state index contributed by atoms with van der Waals surface area (Å²) in [6.07, 6.45) is 0.788. The van der Waals surface area contributed by atoms with Gasteiger partial charge in [0.2, 0.25) is 0 Å². The molecule has 146 valence electrons. The molecule has 4 aromatic rings. The second-order valence-corrected chi connectivity index (χ2v) is 7.17. The largest absolute Gasteiger partial charge is 0.457 e. The lowest BCUT2D eigenvalue weighted by molar-refractivity contribution is 0.0954. The van der Waals surface area contributed by atoms with Gasteiger partial charge in [0.25, 0.3) is 5.91 Å². The Balaban J connectivity index is 1.37. The molecule has 0 aliphatic rings. The van der Waals surface area contributed by atoms with Gasteiger partial charge in [-0.25, -0.2) is 0 Å². The Bertz CT molecular complexity index is 1130. The Morgan fingerprint density at radius 2 is 1.62 bits per heavy atom. The minimum atomic E-state index is -0.0788. The summed E-state index contributed by atoms with van der Waals surface area (Å²) >= 11 is 0. The van der Waals surface area contributed by atoms with Crippen molar-refractivity contribution >= 4 is 16.8 Å². The number of aryl methyl sites for hydroxylation is 2. The van der Waals surface area contributed by atoms with Crippen molar-refractivity contribution in [3.05, 3.63) is 95.2 Å². The van der Waals surface area contributed by atoms with Crippen LogP contribution in [0.3, 0.4) is 0 Å². The lowest BCUT2D eigenvalue weighted by Crippen LogP contribution is -2.25. The van der Waals surface area contributed by atoms with Crippen LogP contribution in [0.25, 0.3) is 10.9 Å². The Kier molecular flexibility index (Phi) is 5.34. The number of fused-ring (bicyclic) bond motifs is 1. The van der Waals surface area contributed by atoms with Crippen LogP contribution in [0, 0.1) is 13.8 Å². The lowest BCUT2D eigenvalue weighted by atomic mass is 10.1. The van der Waals surface area contributed by atoms with Crippen LogP contribution in [-0.4, -0.2) is 17.4 Å². The van der Waals surface area contributed by atoms with E-state index in [-0.39, 0.29) is 5.91 Å². The van der Waals surface area contributed by atoms with Gasteiger partial charge in [-0.3, -0.25) is 4.79 Å². The second kappa shape index (κ2) is 8.23. The van der Waals surface area contributed by atoms with Crippen LogP contribution in [0.15, 0.2) is 72.8 Å². The maximum absolute atomic E-state index is 12.5. The summed E-state index contributed by atoms with van der Waals surface area (Å²) in [6, 6.07) is 23.1. The van der Waals surface area contributed by atoms with Crippen LogP contribution in [0.2, 0.25) is 0 Å². The standard InChI is InChI=1S/C25H24N2O2/c1-17-7-6-10-23-22(18(2)27-24(17)23)15-16-26-25(28)19-11-13-21(14-12-19)29-20-8-4-3-5-9-20/h3-14,27H,15-16H2,1-2H3,(H,26,28). The molecule has 0 fully saturated rings. The number of para-hydroxylation sites is 2. The number of hydrogen-bond donors (Lipinski definition) is 2. The highest BCUT2D eigenvalue weighted by molar-refractivity contribution is 5.94. The summed E-state index contributed by atoms with van der Waals surface area (Å²) in [6.45, 7) is 4.78. The third-order valence-electron chi connectivity index (χ3n) is 5.12. The fourth-order valence-corrected chi connectivity index (χ4v) is 3.57. The number of carbonyl (C=O) groups is 1. The number of aromatic nitrogens is 1. The first-order valence-corrected chi connectivity index (χ1v) is 9.80. The zero-order valence-electron chi connectivity index (χ0n) is 16.7. The first-order chi connectivity index (χ1) is 14.1. The van der Waals surface area contributed by atoms with Crippen molar-refractivity contribution in [1.29, 1.82) is 0 Å². The van der Waals surface area contributed by atoms with Crippen LogP contribution in [0.1, 0.15) is 27.2 Å². The number of carbonyl (C=O) groups excluding carboxylic acids is 1. The molecule has 4 rings (SSSR count). The highest BCUT2D eigenvalue weighted by Crippen LogP contribution is 2.25. The van der Waals surface area contributed by atoms with Gasteiger partial charge in [0.05, 0.1) is 0 Å². The molecule has 0 saturated heterocycles. The molecule has 0 saturated carbocycles. The summed E-state index contributed by atoms with van der Waals surface area (Å²) < 4.78 is 5.77. The summed E-state index contributed by atoms with van der Waals surface area (Å²) in [5.41, 5.74) is 5.46. The maximum atomic E-state index is 12.5. The van der Waals surface area contributed by atoms with E-state index < -0.39 is 0 Å². The van der Waals surface area contributed by atoms with Crippen LogP contribution in [0.4, 0.5) is 0 Å². The molecule has 0 spiro atoms. The molecule has 1 heterocycles. The van der Waals surface area contributed by atoms with Gasteiger partial charge >= 0.3 is 0 Å². The van der Waals surface area contributed by atoms with Gasteiger partial charge in [-0.1, -0.05) is 36.4 Å². The monoisotopic (exact) mass is 384 g/mol. The predicted octanol–water partition coefficient (Wildman–Crippen LogP) is 5.55. The van der Waals surface area contributed by atoms with E-state index in [1.807, 2.05) is 42.5 Å². The van der Waals surface area contributed by atoms with E-state index in [0.717, 1.165) is 17.9 Å². The minimum absolute atomic E-state index is 0.0788. The van der Waals surface area contributed by atoms with E-state index in [0.29, 0.717) is 17.9 Å². The molecule has 29 heavy (non-hydrogen) atoms. The maximum Gasteiger partial charge on any atom is 0.251 e. The molecule has 0 bridgehead atoms. The Labute approximate surface area is 170 Å². The summed E-state index contributed by atoms with van der Waals surface area (Å²) in [5, 5.41) is 4.25. The average molecular weight is 384 g/mol. The number of rotatable bonds is 6. The van der Waals surface area contributed by atoms with Gasteiger partial charge < -0.3 is 15.0 Å². The van der Waals surface area contributed by atoms with Crippen molar-refractivity contribution in [3.8, 4) is 11.5 Å². The average Bonchev–Trinajstić information content (AvgIpc) is 3.06. The zero-order chi connectivity index (χ0) is 20.2. The first kappa shape index (κ1) is 18.8. The zero-order valence-corrected chi connectivity index (χ0v) is 16.7. The molecule has 3 aromatic carbocycles. The molecule has 0 unspecified atom stereocenters. The van der Waals surface area contributed by atoms with Gasteiger partial charge in [0.15, 0.2) is 0 Å². The summed E-state index contributed by atoms with van der Waals surface area (Å²) in [4.78, 5) is 16.0. The third kappa shape index (κ3) is 4.16. The topological polar surface area (TPSA) is 54.1 Å². The van der Waals surface area contributed by atoms with E-state index in [2.05, 4.69) is 42.3 Å². The van der Waals surface area contributed by atoms with Gasteiger partial charge in [-0.15, -0.1) is 0 Å². The predicted molar refractivity (Wildman–Crippen MR) is 117 cm³/mol. The van der Waals surface area contributed by atoms with E-state index in [4.69, 9.17) is 4.74 Å². The quantitative estimate of drug-likeness (QED) is 0.458. The van der Waals surface area contributed by atoms with Crippen molar-refractivity contribution in [1.82, 2.24) is 10.3 Å². The molecule has 0 aliphatic carbocycles. The van der Waals surface area contributed by atoms with Crippen LogP contribution >= 0.6 is 0 Å². The number of nitrogens with one attached hydrogen (secondary N) is 2. The number of benzene rings is 3. The van der Waals surface area contributed by atoms with Gasteiger partial charge in [-0.2, -0.15) is 0 Å². The third-order valence-corrected chi connectivity index (χ3v) is 5.12. The molecule has 4 heteroatoms. The molecule has 2 N–H and O–H groups in total. The fourth-order valence-electron chi connectivity index (χ4n) is 3.57.